The molecule has 1 atom stereocenters. The molecule has 0 spiro atoms. The normalized spacial score (nSPS) is 13.1. The molecule has 0 bridgehead atoms. The molecule has 1 rings (SSSR count). The van der Waals surface area contributed by atoms with E-state index in [-0.39, 0.29) is 5.92 Å². The number of carboxylic acids is 1. The summed E-state index contributed by atoms with van der Waals surface area (Å²) in [5.74, 6) is -0.573. The summed E-state index contributed by atoms with van der Waals surface area (Å²) in [7, 11) is 0. The molecule has 0 saturated carbocycles. The number of aromatic nitrogens is 2. The molecule has 1 N–H and O–H groups in total. The number of hydrogen-bond donors (Lipinski definition) is 1. The molecule has 4 heteroatoms. The third-order valence-corrected chi connectivity index (χ3v) is 2.56. The van der Waals surface area contributed by atoms with Crippen molar-refractivity contribution in [2.45, 2.75) is 40.0 Å². The average molecular weight is 236 g/mol. The minimum absolute atomic E-state index is 0.0122. The van der Waals surface area contributed by atoms with Crippen LogP contribution in [0.1, 0.15) is 45.1 Å². The Bertz CT molecular complexity index is 389. The third kappa shape index (κ3) is 3.80. The molecule has 0 saturated heterocycles. The molecule has 0 aromatic carbocycles. The number of carboxylic acid groups (broad SMARTS) is 1. The van der Waals surface area contributed by atoms with Crippen LogP contribution in [-0.2, 0) is 11.2 Å². The second-order valence-electron chi connectivity index (χ2n) is 5.06. The summed E-state index contributed by atoms with van der Waals surface area (Å²) in [5.41, 5.74) is 0.914. The van der Waals surface area contributed by atoms with Crippen molar-refractivity contribution in [3.8, 4) is 0 Å². The predicted octanol–water partition coefficient (Wildman–Crippen LogP) is 2.50. The Morgan fingerprint density at radius 3 is 2.47 bits per heavy atom. The Labute approximate surface area is 102 Å². The van der Waals surface area contributed by atoms with Crippen molar-refractivity contribution in [1.29, 1.82) is 0 Å². The van der Waals surface area contributed by atoms with Gasteiger partial charge in [0.1, 0.15) is 11.7 Å². The quantitative estimate of drug-likeness (QED) is 0.853. The summed E-state index contributed by atoms with van der Waals surface area (Å²) in [4.78, 5) is 19.7. The lowest BCUT2D eigenvalue weighted by Crippen LogP contribution is -2.20. The van der Waals surface area contributed by atoms with Crippen molar-refractivity contribution in [2.75, 3.05) is 0 Å². The van der Waals surface area contributed by atoms with Gasteiger partial charge in [-0.25, -0.2) is 9.97 Å². The highest BCUT2D eigenvalue weighted by Crippen LogP contribution is 2.21. The SMILES string of the molecule is CC(C)Cc1ccnc(C(C(=O)O)C(C)C)n1. The van der Waals surface area contributed by atoms with Gasteiger partial charge in [-0.15, -0.1) is 0 Å². The van der Waals surface area contributed by atoms with Crippen molar-refractivity contribution in [3.05, 3.63) is 23.8 Å². The van der Waals surface area contributed by atoms with Crippen molar-refractivity contribution < 1.29 is 9.90 Å². The molecule has 0 radical (unpaired) electrons. The summed E-state index contributed by atoms with van der Waals surface area (Å²) in [5, 5.41) is 9.19. The van der Waals surface area contributed by atoms with Gasteiger partial charge in [-0.05, 0) is 24.3 Å². The van der Waals surface area contributed by atoms with Crippen molar-refractivity contribution in [3.63, 3.8) is 0 Å². The monoisotopic (exact) mass is 236 g/mol. The first-order valence-corrected chi connectivity index (χ1v) is 5.96. The lowest BCUT2D eigenvalue weighted by molar-refractivity contribution is -0.140. The van der Waals surface area contributed by atoms with Crippen LogP contribution in [-0.4, -0.2) is 21.0 Å². The van der Waals surface area contributed by atoms with E-state index in [0.29, 0.717) is 11.7 Å². The number of nitrogens with zero attached hydrogens (tertiary/aromatic N) is 2. The Morgan fingerprint density at radius 1 is 1.35 bits per heavy atom. The highest BCUT2D eigenvalue weighted by Gasteiger charge is 2.26. The number of rotatable bonds is 5. The topological polar surface area (TPSA) is 63.1 Å². The van der Waals surface area contributed by atoms with E-state index in [1.165, 1.54) is 0 Å². The molecule has 0 amide bonds. The summed E-state index contributed by atoms with van der Waals surface area (Å²) in [6, 6.07) is 1.85. The van der Waals surface area contributed by atoms with Gasteiger partial charge in [-0.3, -0.25) is 4.79 Å². The van der Waals surface area contributed by atoms with Crippen LogP contribution in [0, 0.1) is 11.8 Å². The van der Waals surface area contributed by atoms with Crippen LogP contribution >= 0.6 is 0 Å². The Hall–Kier alpha value is -1.45. The highest BCUT2D eigenvalue weighted by molar-refractivity contribution is 5.75. The van der Waals surface area contributed by atoms with Gasteiger partial charge in [0.15, 0.2) is 0 Å². The van der Waals surface area contributed by atoms with Crippen LogP contribution in [0.25, 0.3) is 0 Å². The van der Waals surface area contributed by atoms with Gasteiger partial charge in [0.25, 0.3) is 0 Å². The van der Waals surface area contributed by atoms with Gasteiger partial charge < -0.3 is 5.11 Å². The van der Waals surface area contributed by atoms with Gasteiger partial charge >= 0.3 is 5.97 Å². The van der Waals surface area contributed by atoms with E-state index in [1.54, 1.807) is 6.20 Å². The van der Waals surface area contributed by atoms with Crippen molar-refractivity contribution in [2.24, 2.45) is 11.8 Å². The zero-order valence-corrected chi connectivity index (χ0v) is 10.8. The fourth-order valence-corrected chi connectivity index (χ4v) is 1.79. The second-order valence-corrected chi connectivity index (χ2v) is 5.06. The molecular weight excluding hydrogens is 216 g/mol. The largest absolute Gasteiger partial charge is 0.481 e. The summed E-state index contributed by atoms with van der Waals surface area (Å²) >= 11 is 0. The molecule has 1 heterocycles. The van der Waals surface area contributed by atoms with Crippen LogP contribution in [0.2, 0.25) is 0 Å². The standard InChI is InChI=1S/C13H20N2O2/c1-8(2)7-10-5-6-14-12(15-10)11(9(3)4)13(16)17/h5-6,8-9,11H,7H2,1-4H3,(H,16,17). The summed E-state index contributed by atoms with van der Waals surface area (Å²) in [6.45, 7) is 7.96. The molecule has 17 heavy (non-hydrogen) atoms. The molecule has 94 valence electrons. The highest BCUT2D eigenvalue weighted by atomic mass is 16.4. The Kier molecular flexibility index (Phi) is 4.61. The molecule has 0 aliphatic rings. The Morgan fingerprint density at radius 2 is 2.00 bits per heavy atom. The van der Waals surface area contributed by atoms with Crippen LogP contribution in [0.5, 0.6) is 0 Å². The molecule has 0 fully saturated rings. The fraction of sp³-hybridized carbons (Fsp3) is 0.615. The first-order chi connectivity index (χ1) is 7.91. The van der Waals surface area contributed by atoms with Gasteiger partial charge in [0.05, 0.1) is 0 Å². The fourth-order valence-electron chi connectivity index (χ4n) is 1.79. The molecule has 1 aromatic rings. The number of aliphatic carboxylic acids is 1. The van der Waals surface area contributed by atoms with Gasteiger partial charge in [0, 0.05) is 11.9 Å². The van der Waals surface area contributed by atoms with E-state index in [9.17, 15) is 9.90 Å². The van der Waals surface area contributed by atoms with E-state index < -0.39 is 11.9 Å². The summed E-state index contributed by atoms with van der Waals surface area (Å²) in [6.07, 6.45) is 2.50. The van der Waals surface area contributed by atoms with Gasteiger partial charge in [0.2, 0.25) is 0 Å². The third-order valence-electron chi connectivity index (χ3n) is 2.56. The van der Waals surface area contributed by atoms with Crippen molar-refractivity contribution >= 4 is 5.97 Å². The smallest absolute Gasteiger partial charge is 0.314 e. The first-order valence-electron chi connectivity index (χ1n) is 5.96. The molecule has 0 aliphatic heterocycles. The zero-order chi connectivity index (χ0) is 13.0. The van der Waals surface area contributed by atoms with E-state index in [2.05, 4.69) is 23.8 Å². The zero-order valence-electron chi connectivity index (χ0n) is 10.8. The molecule has 0 aliphatic carbocycles. The Balaban J connectivity index is 3.00. The number of hydrogen-bond acceptors (Lipinski definition) is 3. The van der Waals surface area contributed by atoms with Gasteiger partial charge in [-0.2, -0.15) is 0 Å². The molecule has 1 unspecified atom stereocenters. The second kappa shape index (κ2) is 5.75. The van der Waals surface area contributed by atoms with E-state index >= 15 is 0 Å². The lowest BCUT2D eigenvalue weighted by atomic mass is 9.95. The lowest BCUT2D eigenvalue weighted by Gasteiger charge is -2.15. The maximum atomic E-state index is 11.2. The first kappa shape index (κ1) is 13.6. The summed E-state index contributed by atoms with van der Waals surface area (Å²) < 4.78 is 0. The maximum absolute atomic E-state index is 11.2. The minimum atomic E-state index is -0.860. The molecular formula is C13H20N2O2. The van der Waals surface area contributed by atoms with Gasteiger partial charge in [-0.1, -0.05) is 27.7 Å². The van der Waals surface area contributed by atoms with Crippen LogP contribution in [0.4, 0.5) is 0 Å². The van der Waals surface area contributed by atoms with Crippen LogP contribution in [0.3, 0.4) is 0 Å². The van der Waals surface area contributed by atoms with Crippen molar-refractivity contribution in [1.82, 2.24) is 9.97 Å². The number of carbonyl (C=O) groups is 1. The average Bonchev–Trinajstić information content (AvgIpc) is 2.15. The molecule has 4 nitrogen and oxygen atoms in total. The van der Waals surface area contributed by atoms with E-state index in [0.717, 1.165) is 12.1 Å². The predicted molar refractivity (Wildman–Crippen MR) is 65.8 cm³/mol. The van der Waals surface area contributed by atoms with E-state index in [4.69, 9.17) is 0 Å². The minimum Gasteiger partial charge on any atom is -0.481 e. The van der Waals surface area contributed by atoms with Crippen LogP contribution in [0.15, 0.2) is 12.3 Å². The molecule has 1 aromatic heterocycles. The van der Waals surface area contributed by atoms with Crippen LogP contribution < -0.4 is 0 Å². The van der Waals surface area contributed by atoms with E-state index in [1.807, 2.05) is 19.9 Å². The maximum Gasteiger partial charge on any atom is 0.314 e.